The lowest BCUT2D eigenvalue weighted by atomic mass is 10.1. The quantitative estimate of drug-likeness (QED) is 0.112. The molecule has 0 aliphatic heterocycles. The van der Waals surface area contributed by atoms with Crippen molar-refractivity contribution in [3.8, 4) is 17.1 Å². The number of para-hydroxylation sites is 1. The first-order valence-electron chi connectivity index (χ1n) is 12.0. The highest BCUT2D eigenvalue weighted by atomic mass is 16.5. The monoisotopic (exact) mass is 465 g/mol. The van der Waals surface area contributed by atoms with Crippen LogP contribution >= 0.6 is 0 Å². The number of unbranched alkanes of at least 4 members (excludes halogenated alkanes) is 2. The van der Waals surface area contributed by atoms with Gasteiger partial charge in [0, 0.05) is 35.7 Å². The van der Waals surface area contributed by atoms with Crippen molar-refractivity contribution in [3.63, 3.8) is 0 Å². The first-order chi connectivity index (χ1) is 16.9. The van der Waals surface area contributed by atoms with Crippen molar-refractivity contribution in [1.29, 1.82) is 0 Å². The summed E-state index contributed by atoms with van der Waals surface area (Å²) < 4.78 is 20.5. The third-order valence-corrected chi connectivity index (χ3v) is 5.33. The molecule has 1 heterocycles. The van der Waals surface area contributed by atoms with E-state index in [1.54, 1.807) is 11.2 Å². The van der Waals surface area contributed by atoms with Crippen LogP contribution in [0.5, 0.6) is 5.75 Å². The number of rotatable bonds is 12. The number of carboxylic acids is 1. The summed E-state index contributed by atoms with van der Waals surface area (Å²) in [6.07, 6.45) is 3.86. The second kappa shape index (κ2) is 12.5. The summed E-state index contributed by atoms with van der Waals surface area (Å²) in [4.78, 5) is 12.4. The fraction of sp³-hybridized carbons (Fsp3) is 0.333. The number of oxime groups is 1. The lowest BCUT2D eigenvalue weighted by molar-refractivity contribution is -0.137. The Morgan fingerprint density at radius 3 is 2.50 bits per heavy atom. The van der Waals surface area contributed by atoms with Gasteiger partial charge in [0.2, 0.25) is 0 Å². The molecule has 0 bridgehead atoms. The molecule has 0 aliphatic rings. The van der Waals surface area contributed by atoms with Gasteiger partial charge in [-0.15, -0.1) is 0 Å². The molecule has 0 amide bonds. The predicted octanol–water partition coefficient (Wildman–Crippen LogP) is 6.02. The van der Waals surface area contributed by atoms with E-state index in [2.05, 4.69) is 5.16 Å². The van der Waals surface area contributed by atoms with Gasteiger partial charge in [0.25, 0.3) is 0 Å². The Kier molecular flexibility index (Phi) is 8.60. The van der Waals surface area contributed by atoms with Gasteiger partial charge < -0.3 is 24.4 Å². The number of benzene rings is 2. The minimum Gasteiger partial charge on any atom is -0.493 e. The van der Waals surface area contributed by atoms with E-state index in [9.17, 15) is 10.0 Å². The summed E-state index contributed by atoms with van der Waals surface area (Å²) in [5.74, 6) is 0.822. The summed E-state index contributed by atoms with van der Waals surface area (Å²) >= 11 is 0. The molecule has 0 saturated carbocycles. The van der Waals surface area contributed by atoms with Crippen LogP contribution in [-0.2, 0) is 11.3 Å². The van der Waals surface area contributed by atoms with Gasteiger partial charge in [0.15, 0.2) is 5.84 Å². The number of furan rings is 1. The molecular formula is C27H32N2O5. The molecule has 180 valence electrons. The molecule has 1 atom stereocenters. The zero-order valence-corrected chi connectivity index (χ0v) is 19.6. The van der Waals surface area contributed by atoms with E-state index in [-0.39, 0.29) is 18.3 Å². The van der Waals surface area contributed by atoms with E-state index in [4.69, 9.17) is 15.6 Å². The van der Waals surface area contributed by atoms with Crippen LogP contribution in [0.3, 0.4) is 0 Å². The van der Waals surface area contributed by atoms with Crippen molar-refractivity contribution in [3.05, 3.63) is 78.1 Å². The molecule has 7 heteroatoms. The molecule has 1 unspecified atom stereocenters. The predicted molar refractivity (Wildman–Crippen MR) is 131 cm³/mol. The molecular weight excluding hydrogens is 432 g/mol. The maximum atomic E-state index is 10.7. The Balaban J connectivity index is 1.76. The fourth-order valence-electron chi connectivity index (χ4n) is 3.55. The van der Waals surface area contributed by atoms with Gasteiger partial charge in [-0.25, -0.2) is 0 Å². The smallest absolute Gasteiger partial charge is 0.303 e. The standard InChI is InChI=1S/C27H32N2O5/c1-20(2)29(27(28-32)22-15-13-21(14-16-22)24-11-8-18-34-24)19-23-9-5-6-10-25(23)33-17-7-3-4-12-26(30)31/h5-6,8-11,13-16,18,20,32H,3-4,7,12,17,19H2,1-2H3,(H,30,31)/b28-27+/i19D. The number of nitrogens with zero attached hydrogens (tertiary/aromatic N) is 2. The largest absolute Gasteiger partial charge is 0.493 e. The van der Waals surface area contributed by atoms with Gasteiger partial charge in [0.1, 0.15) is 11.5 Å². The minimum absolute atomic E-state index is 0.141. The highest BCUT2D eigenvalue weighted by Crippen LogP contribution is 2.25. The summed E-state index contributed by atoms with van der Waals surface area (Å²) in [6, 6.07) is 18.4. The van der Waals surface area contributed by atoms with E-state index in [0.29, 0.717) is 29.9 Å². The molecule has 3 aromatic rings. The van der Waals surface area contributed by atoms with Crippen molar-refractivity contribution in [2.45, 2.75) is 52.1 Å². The second-order valence-electron chi connectivity index (χ2n) is 8.20. The maximum absolute atomic E-state index is 10.7. The Hall–Kier alpha value is -3.74. The highest BCUT2D eigenvalue weighted by molar-refractivity contribution is 5.98. The van der Waals surface area contributed by atoms with Gasteiger partial charge in [-0.05, 0) is 51.3 Å². The van der Waals surface area contributed by atoms with Crippen molar-refractivity contribution in [1.82, 2.24) is 4.90 Å². The molecule has 0 fully saturated rings. The molecule has 34 heavy (non-hydrogen) atoms. The fourth-order valence-corrected chi connectivity index (χ4v) is 3.55. The summed E-state index contributed by atoms with van der Waals surface area (Å²) in [5, 5.41) is 22.3. The van der Waals surface area contributed by atoms with Crippen LogP contribution in [0.4, 0.5) is 0 Å². The summed E-state index contributed by atoms with van der Waals surface area (Å²) in [6.45, 7) is 3.43. The number of hydrogen-bond acceptors (Lipinski definition) is 5. The highest BCUT2D eigenvalue weighted by Gasteiger charge is 2.20. The van der Waals surface area contributed by atoms with E-state index >= 15 is 0 Å². The van der Waals surface area contributed by atoms with Crippen LogP contribution in [-0.4, -0.2) is 39.7 Å². The second-order valence-corrected chi connectivity index (χ2v) is 8.20. The molecule has 7 nitrogen and oxygen atoms in total. The number of hydrogen-bond donors (Lipinski definition) is 2. The Labute approximate surface area is 201 Å². The van der Waals surface area contributed by atoms with Crippen molar-refractivity contribution >= 4 is 11.8 Å². The van der Waals surface area contributed by atoms with Crippen LogP contribution in [0, 0.1) is 0 Å². The SMILES string of the molecule is [2H]C(c1ccccc1OCCCCCC(=O)O)N(/C(=N/O)c1ccc(-c2ccco2)cc1)C(C)C. The number of amidine groups is 1. The minimum atomic E-state index is -0.881. The third-order valence-electron chi connectivity index (χ3n) is 5.33. The van der Waals surface area contributed by atoms with E-state index in [0.717, 1.165) is 24.2 Å². The normalized spacial score (nSPS) is 12.9. The van der Waals surface area contributed by atoms with E-state index in [1.165, 1.54) is 0 Å². The Bertz CT molecular complexity index is 1100. The molecule has 0 radical (unpaired) electrons. The van der Waals surface area contributed by atoms with Crippen LogP contribution in [0.2, 0.25) is 0 Å². The zero-order valence-electron chi connectivity index (χ0n) is 20.6. The van der Waals surface area contributed by atoms with Crippen molar-refractivity contribution in [2.24, 2.45) is 5.16 Å². The third kappa shape index (κ3) is 6.88. The molecule has 1 aromatic heterocycles. The average molecular weight is 466 g/mol. The van der Waals surface area contributed by atoms with Gasteiger partial charge in [-0.1, -0.05) is 47.6 Å². The van der Waals surface area contributed by atoms with Gasteiger partial charge in [-0.3, -0.25) is 4.79 Å². The number of carbonyl (C=O) groups is 1. The molecule has 0 aliphatic carbocycles. The van der Waals surface area contributed by atoms with Gasteiger partial charge >= 0.3 is 5.97 Å². The lowest BCUT2D eigenvalue weighted by Gasteiger charge is -2.30. The molecule has 2 N–H and O–H groups in total. The van der Waals surface area contributed by atoms with Crippen LogP contribution in [0.25, 0.3) is 11.3 Å². The zero-order chi connectivity index (χ0) is 25.2. The van der Waals surface area contributed by atoms with Gasteiger partial charge in [0.05, 0.1) is 14.2 Å². The van der Waals surface area contributed by atoms with E-state index < -0.39 is 12.5 Å². The lowest BCUT2D eigenvalue weighted by Crippen LogP contribution is -2.37. The Morgan fingerprint density at radius 1 is 1.09 bits per heavy atom. The van der Waals surface area contributed by atoms with Gasteiger partial charge in [-0.2, -0.15) is 0 Å². The topological polar surface area (TPSA) is 95.5 Å². The molecule has 0 spiro atoms. The van der Waals surface area contributed by atoms with Crippen LogP contribution in [0.15, 0.2) is 76.5 Å². The Morgan fingerprint density at radius 2 is 1.85 bits per heavy atom. The van der Waals surface area contributed by atoms with Crippen molar-refractivity contribution < 1.29 is 25.6 Å². The average Bonchev–Trinajstić information content (AvgIpc) is 3.39. The summed E-state index contributed by atoms with van der Waals surface area (Å²) in [5.41, 5.74) is 2.22. The summed E-state index contributed by atoms with van der Waals surface area (Å²) in [7, 11) is 0. The number of aliphatic carboxylic acids is 1. The van der Waals surface area contributed by atoms with Crippen LogP contribution in [0.1, 0.15) is 52.0 Å². The molecule has 3 rings (SSSR count). The first kappa shape index (κ1) is 23.4. The number of ether oxygens (including phenoxy) is 1. The van der Waals surface area contributed by atoms with Crippen LogP contribution < -0.4 is 4.74 Å². The first-order valence-corrected chi connectivity index (χ1v) is 11.4. The maximum Gasteiger partial charge on any atom is 0.303 e. The van der Waals surface area contributed by atoms with E-state index in [1.807, 2.05) is 74.5 Å². The molecule has 0 saturated heterocycles. The van der Waals surface area contributed by atoms with Crippen molar-refractivity contribution in [2.75, 3.05) is 6.61 Å². The molecule has 2 aromatic carbocycles. The number of carboxylic acid groups (broad SMARTS) is 1.